The van der Waals surface area contributed by atoms with Crippen LogP contribution in [0.3, 0.4) is 0 Å². The van der Waals surface area contributed by atoms with Crippen molar-refractivity contribution in [2.75, 3.05) is 13.7 Å². The molecule has 8 nitrogen and oxygen atoms in total. The van der Waals surface area contributed by atoms with E-state index in [1.807, 2.05) is 0 Å². The van der Waals surface area contributed by atoms with Gasteiger partial charge in [0, 0.05) is 31.6 Å². The molecule has 1 N–H and O–H groups in total. The van der Waals surface area contributed by atoms with Gasteiger partial charge < -0.3 is 24.1 Å². The van der Waals surface area contributed by atoms with Crippen molar-refractivity contribution in [2.24, 2.45) is 11.8 Å². The Bertz CT molecular complexity index is 880. The molecule has 3 aliphatic rings. The van der Waals surface area contributed by atoms with Crippen LogP contribution in [0.1, 0.15) is 27.2 Å². The molecule has 31 heavy (non-hydrogen) atoms. The molecule has 0 radical (unpaired) electrons. The van der Waals surface area contributed by atoms with Crippen LogP contribution < -0.4 is 0 Å². The van der Waals surface area contributed by atoms with Crippen molar-refractivity contribution in [1.82, 2.24) is 0 Å². The Kier molecular flexibility index (Phi) is 6.93. The first-order valence-electron chi connectivity index (χ1n) is 10.1. The highest BCUT2D eigenvalue weighted by atomic mass is 16.7. The molecule has 0 aromatic carbocycles. The Morgan fingerprint density at radius 1 is 1.23 bits per heavy atom. The Hall–Kier alpha value is -2.55. The highest BCUT2D eigenvalue weighted by Crippen LogP contribution is 2.38. The highest BCUT2D eigenvalue weighted by Gasteiger charge is 2.47. The molecule has 2 aliphatic heterocycles. The van der Waals surface area contributed by atoms with Gasteiger partial charge in [-0.1, -0.05) is 18.2 Å². The van der Waals surface area contributed by atoms with E-state index in [-0.39, 0.29) is 18.0 Å². The van der Waals surface area contributed by atoms with E-state index in [1.54, 1.807) is 32.1 Å². The molecular formula is C23H28O8. The number of aliphatic hydroxyl groups excluding tert-OH is 1. The van der Waals surface area contributed by atoms with E-state index in [0.29, 0.717) is 23.1 Å². The second-order valence-corrected chi connectivity index (χ2v) is 8.05. The third-order valence-electron chi connectivity index (χ3n) is 5.93. The zero-order valence-electron chi connectivity index (χ0n) is 18.1. The van der Waals surface area contributed by atoms with Gasteiger partial charge >= 0.3 is 11.9 Å². The van der Waals surface area contributed by atoms with Gasteiger partial charge in [0.05, 0.1) is 24.5 Å². The summed E-state index contributed by atoms with van der Waals surface area (Å²) in [6.07, 6.45) is 2.05. The summed E-state index contributed by atoms with van der Waals surface area (Å²) >= 11 is 0. The molecule has 0 amide bonds. The van der Waals surface area contributed by atoms with Crippen molar-refractivity contribution in [3.05, 3.63) is 47.1 Å². The van der Waals surface area contributed by atoms with Crippen LogP contribution in [0.5, 0.6) is 0 Å². The zero-order valence-corrected chi connectivity index (χ0v) is 18.1. The van der Waals surface area contributed by atoms with Gasteiger partial charge in [0.15, 0.2) is 12.1 Å². The highest BCUT2D eigenvalue weighted by molar-refractivity contribution is 6.00. The number of carbonyl (C=O) groups excluding carboxylic acids is 3. The van der Waals surface area contributed by atoms with Crippen molar-refractivity contribution in [3.63, 3.8) is 0 Å². The Balaban J connectivity index is 2.04. The molecule has 0 spiro atoms. The van der Waals surface area contributed by atoms with Crippen LogP contribution in [0.4, 0.5) is 0 Å². The molecule has 0 bridgehead atoms. The van der Waals surface area contributed by atoms with Crippen molar-refractivity contribution in [1.29, 1.82) is 0 Å². The molecule has 3 rings (SSSR count). The topological polar surface area (TPSA) is 108 Å². The van der Waals surface area contributed by atoms with E-state index >= 15 is 0 Å². The fraction of sp³-hybridized carbons (Fsp3) is 0.522. The molecule has 0 saturated carbocycles. The van der Waals surface area contributed by atoms with Gasteiger partial charge in [0.25, 0.3) is 0 Å². The molecule has 1 saturated heterocycles. The maximum Gasteiger partial charge on any atom is 0.334 e. The van der Waals surface area contributed by atoms with Crippen LogP contribution >= 0.6 is 0 Å². The van der Waals surface area contributed by atoms with E-state index in [9.17, 15) is 19.5 Å². The third-order valence-corrected chi connectivity index (χ3v) is 5.93. The van der Waals surface area contributed by atoms with Crippen LogP contribution in [-0.2, 0) is 33.3 Å². The van der Waals surface area contributed by atoms with Crippen LogP contribution in [0.2, 0.25) is 0 Å². The summed E-state index contributed by atoms with van der Waals surface area (Å²) < 4.78 is 21.4. The minimum absolute atomic E-state index is 0.0629. The summed E-state index contributed by atoms with van der Waals surface area (Å²) in [4.78, 5) is 37.2. The van der Waals surface area contributed by atoms with E-state index < -0.39 is 48.4 Å². The fourth-order valence-electron chi connectivity index (χ4n) is 4.22. The number of ether oxygens (including phenoxy) is 4. The molecule has 0 unspecified atom stereocenters. The number of Topliss-reactive ketones (excluding diaryl/α,β-unsaturated/α-hetero) is 1. The Labute approximate surface area is 181 Å². The average molecular weight is 432 g/mol. The molecule has 2 heterocycles. The van der Waals surface area contributed by atoms with Crippen molar-refractivity contribution >= 4 is 17.7 Å². The molecular weight excluding hydrogens is 404 g/mol. The van der Waals surface area contributed by atoms with Crippen molar-refractivity contribution in [3.8, 4) is 0 Å². The smallest absolute Gasteiger partial charge is 0.334 e. The average Bonchev–Trinajstić information content (AvgIpc) is 3.29. The molecule has 1 fully saturated rings. The summed E-state index contributed by atoms with van der Waals surface area (Å²) in [6, 6.07) is 0. The second-order valence-electron chi connectivity index (χ2n) is 8.05. The lowest BCUT2D eigenvalue weighted by Gasteiger charge is -2.31. The number of aliphatic hydroxyl groups is 1. The number of rotatable bonds is 4. The maximum absolute atomic E-state index is 13.4. The number of esters is 2. The van der Waals surface area contributed by atoms with Crippen molar-refractivity contribution in [2.45, 2.75) is 51.8 Å². The molecule has 168 valence electrons. The quantitative estimate of drug-likeness (QED) is 0.407. The first-order chi connectivity index (χ1) is 14.6. The van der Waals surface area contributed by atoms with E-state index in [4.69, 9.17) is 18.9 Å². The first-order valence-corrected chi connectivity index (χ1v) is 10.1. The molecule has 8 heteroatoms. The minimum Gasteiger partial charge on any atom is -0.458 e. The number of fused-ring (bicyclic) bond motifs is 1. The van der Waals surface area contributed by atoms with Crippen LogP contribution in [0, 0.1) is 11.8 Å². The van der Waals surface area contributed by atoms with Crippen LogP contribution in [-0.4, -0.2) is 61.1 Å². The maximum atomic E-state index is 13.4. The normalized spacial score (nSPS) is 37.0. The standard InChI is InChI=1S/C23H28O8/c1-11-6-7-16(30-14(4)24)12(2)8-17-20(13(3)23(27)31-17)22(26)19(11)21(25)15-9-18(28-5)29-10-15/h6,8-9,16-20,22,26H,3,7,10H2,1-2,4-5H3/b11-6+,12-8-/t16-,17-,18-,19+,20+,22+/m0/s1. The summed E-state index contributed by atoms with van der Waals surface area (Å²) in [5.41, 5.74) is 1.76. The number of hydrogen-bond donors (Lipinski definition) is 1. The van der Waals surface area contributed by atoms with Gasteiger partial charge in [-0.05, 0) is 31.6 Å². The third kappa shape index (κ3) is 4.71. The fourth-order valence-corrected chi connectivity index (χ4v) is 4.22. The molecule has 0 aromatic heterocycles. The lowest BCUT2D eigenvalue weighted by Crippen LogP contribution is -2.40. The number of carbonyl (C=O) groups is 3. The second kappa shape index (κ2) is 9.30. The van der Waals surface area contributed by atoms with Gasteiger partial charge in [-0.3, -0.25) is 9.59 Å². The minimum atomic E-state index is -1.25. The van der Waals surface area contributed by atoms with E-state index in [2.05, 4.69) is 6.58 Å². The van der Waals surface area contributed by atoms with Gasteiger partial charge in [-0.2, -0.15) is 0 Å². The first kappa shape index (κ1) is 23.1. The summed E-state index contributed by atoms with van der Waals surface area (Å²) in [6.45, 7) is 8.67. The Morgan fingerprint density at radius 2 is 1.94 bits per heavy atom. The van der Waals surface area contributed by atoms with Crippen molar-refractivity contribution < 1.29 is 38.4 Å². The van der Waals surface area contributed by atoms with E-state index in [0.717, 1.165) is 0 Å². The van der Waals surface area contributed by atoms with Gasteiger partial charge in [-0.25, -0.2) is 4.79 Å². The predicted molar refractivity (Wildman–Crippen MR) is 110 cm³/mol. The van der Waals surface area contributed by atoms with Gasteiger partial charge in [-0.15, -0.1) is 0 Å². The lowest BCUT2D eigenvalue weighted by molar-refractivity contribution is -0.145. The Morgan fingerprint density at radius 3 is 2.55 bits per heavy atom. The van der Waals surface area contributed by atoms with Gasteiger partial charge in [0.2, 0.25) is 0 Å². The predicted octanol–water partition coefficient (Wildman–Crippen LogP) is 1.79. The SMILES string of the molecule is C=C1C(=O)O[C@H]2/C=C(/C)[C@@H](OC(C)=O)C/C=C(\C)[C@H](C(=O)C3=C[C@@H](OC)OC3)[C@@H](O)[C@H]12. The molecule has 6 atom stereocenters. The van der Waals surface area contributed by atoms with Crippen LogP contribution in [0.25, 0.3) is 0 Å². The summed E-state index contributed by atoms with van der Waals surface area (Å²) in [5, 5.41) is 11.3. The zero-order chi connectivity index (χ0) is 22.9. The van der Waals surface area contributed by atoms with E-state index in [1.165, 1.54) is 14.0 Å². The number of hydrogen-bond acceptors (Lipinski definition) is 8. The van der Waals surface area contributed by atoms with Crippen LogP contribution in [0.15, 0.2) is 47.1 Å². The number of ketones is 1. The number of methoxy groups -OCH3 is 1. The summed E-state index contributed by atoms with van der Waals surface area (Å²) in [5.74, 6) is -3.17. The molecule has 0 aromatic rings. The largest absolute Gasteiger partial charge is 0.458 e. The lowest BCUT2D eigenvalue weighted by atomic mass is 9.76. The monoisotopic (exact) mass is 432 g/mol. The summed E-state index contributed by atoms with van der Waals surface area (Å²) in [7, 11) is 1.47. The van der Waals surface area contributed by atoms with Gasteiger partial charge in [0.1, 0.15) is 12.2 Å². The molecule has 1 aliphatic carbocycles.